The van der Waals surface area contributed by atoms with Gasteiger partial charge in [-0.15, -0.1) is 11.3 Å². The summed E-state index contributed by atoms with van der Waals surface area (Å²) in [5.41, 5.74) is 0. The maximum Gasteiger partial charge on any atom is 0.129 e. The lowest BCUT2D eigenvalue weighted by molar-refractivity contribution is -0.117. The molecule has 12 heavy (non-hydrogen) atoms. The molecular weight excluding hydrogens is 192 g/mol. The second-order valence-corrected chi connectivity index (χ2v) is 4.56. The Morgan fingerprint density at radius 3 is 2.83 bits per heavy atom. The molecule has 0 radical (unpaired) electrons. The fourth-order valence-electron chi connectivity index (χ4n) is 0.998. The molecule has 0 bridgehead atoms. The van der Waals surface area contributed by atoms with Crippen LogP contribution < -0.4 is 0 Å². The number of hydrogen-bond acceptors (Lipinski definition) is 2. The van der Waals surface area contributed by atoms with Crippen molar-refractivity contribution in [2.75, 3.05) is 0 Å². The lowest BCUT2D eigenvalue weighted by atomic mass is 10.2. The number of Topliss-reactive ketones (excluding diaryl/α,β-unsaturated/α-hetero) is 1. The minimum atomic E-state index is 0.262. The number of thiophene rings is 1. The van der Waals surface area contributed by atoms with Crippen LogP contribution in [0.25, 0.3) is 0 Å². The van der Waals surface area contributed by atoms with Gasteiger partial charge in [0.15, 0.2) is 0 Å². The lowest BCUT2D eigenvalue weighted by Crippen LogP contribution is -1.90. The molecule has 1 aromatic heterocycles. The third kappa shape index (κ3) is 3.37. The largest absolute Gasteiger partial charge is 0.300 e. The molecule has 0 fully saturated rings. The summed E-state index contributed by atoms with van der Waals surface area (Å²) in [6.45, 7) is 1.63. The van der Waals surface area contributed by atoms with Gasteiger partial charge in [-0.2, -0.15) is 0 Å². The van der Waals surface area contributed by atoms with Crippen molar-refractivity contribution in [2.45, 2.75) is 26.2 Å². The van der Waals surface area contributed by atoms with E-state index in [-0.39, 0.29) is 5.78 Å². The van der Waals surface area contributed by atoms with Gasteiger partial charge in [-0.1, -0.05) is 11.6 Å². The fourth-order valence-corrected chi connectivity index (χ4v) is 2.13. The van der Waals surface area contributed by atoms with E-state index in [0.29, 0.717) is 6.42 Å². The molecule has 66 valence electrons. The molecule has 0 atom stereocenters. The van der Waals surface area contributed by atoms with Gasteiger partial charge >= 0.3 is 0 Å². The summed E-state index contributed by atoms with van der Waals surface area (Å²) in [4.78, 5) is 11.9. The molecule has 0 amide bonds. The molecule has 1 aromatic rings. The predicted octanol–water partition coefficient (Wildman–Crippen LogP) is 3.31. The van der Waals surface area contributed by atoms with Crippen molar-refractivity contribution in [3.8, 4) is 0 Å². The average molecular weight is 203 g/mol. The van der Waals surface area contributed by atoms with E-state index in [1.54, 1.807) is 18.3 Å². The van der Waals surface area contributed by atoms with E-state index in [0.717, 1.165) is 17.2 Å². The number of aryl methyl sites for hydroxylation is 1. The highest BCUT2D eigenvalue weighted by molar-refractivity contribution is 7.16. The van der Waals surface area contributed by atoms with E-state index < -0.39 is 0 Å². The van der Waals surface area contributed by atoms with Crippen molar-refractivity contribution in [2.24, 2.45) is 0 Å². The summed E-state index contributed by atoms with van der Waals surface area (Å²) in [5.74, 6) is 0.262. The predicted molar refractivity (Wildman–Crippen MR) is 52.9 cm³/mol. The average Bonchev–Trinajstić information content (AvgIpc) is 2.35. The Balaban J connectivity index is 2.29. The summed E-state index contributed by atoms with van der Waals surface area (Å²) in [6.07, 6.45) is 2.58. The maximum absolute atomic E-state index is 10.6. The van der Waals surface area contributed by atoms with Crippen LogP contribution in [-0.2, 0) is 11.2 Å². The zero-order valence-corrected chi connectivity index (χ0v) is 8.54. The Bertz CT molecular complexity index is 267. The van der Waals surface area contributed by atoms with Gasteiger partial charge in [0.05, 0.1) is 4.34 Å². The summed E-state index contributed by atoms with van der Waals surface area (Å²) < 4.78 is 0.827. The summed E-state index contributed by atoms with van der Waals surface area (Å²) in [7, 11) is 0. The van der Waals surface area contributed by atoms with Crippen LogP contribution in [0, 0.1) is 0 Å². The van der Waals surface area contributed by atoms with Gasteiger partial charge in [-0.05, 0) is 31.9 Å². The highest BCUT2D eigenvalue weighted by Gasteiger charge is 1.98. The molecule has 0 saturated heterocycles. The number of ketones is 1. The number of carbonyl (C=O) groups excluding carboxylic acids is 1. The fraction of sp³-hybridized carbons (Fsp3) is 0.444. The van der Waals surface area contributed by atoms with Crippen LogP contribution >= 0.6 is 22.9 Å². The van der Waals surface area contributed by atoms with Crippen LogP contribution in [0.15, 0.2) is 12.1 Å². The topological polar surface area (TPSA) is 17.1 Å². The molecule has 0 aliphatic carbocycles. The second kappa shape index (κ2) is 4.63. The monoisotopic (exact) mass is 202 g/mol. The van der Waals surface area contributed by atoms with Crippen LogP contribution in [-0.4, -0.2) is 5.78 Å². The summed E-state index contributed by atoms with van der Waals surface area (Å²) in [6, 6.07) is 3.92. The molecular formula is C9H11ClOS. The molecule has 0 aromatic carbocycles. The normalized spacial score (nSPS) is 10.2. The molecule has 0 spiro atoms. The van der Waals surface area contributed by atoms with Crippen LogP contribution in [0.1, 0.15) is 24.6 Å². The van der Waals surface area contributed by atoms with Gasteiger partial charge in [0, 0.05) is 11.3 Å². The van der Waals surface area contributed by atoms with Gasteiger partial charge in [0.1, 0.15) is 5.78 Å². The first-order chi connectivity index (χ1) is 5.68. The maximum atomic E-state index is 10.6. The van der Waals surface area contributed by atoms with E-state index in [1.165, 1.54) is 4.88 Å². The smallest absolute Gasteiger partial charge is 0.129 e. The highest BCUT2D eigenvalue weighted by Crippen LogP contribution is 2.22. The molecule has 0 aliphatic rings. The third-order valence-electron chi connectivity index (χ3n) is 1.58. The highest BCUT2D eigenvalue weighted by atomic mass is 35.5. The Hall–Kier alpha value is -0.340. The van der Waals surface area contributed by atoms with Gasteiger partial charge < -0.3 is 4.79 Å². The molecule has 0 N–H and O–H groups in total. The van der Waals surface area contributed by atoms with E-state index in [2.05, 4.69) is 0 Å². The standard InChI is InChI=1S/C9H11ClOS/c1-7(11)3-2-4-8-5-6-9(10)12-8/h5-6H,2-4H2,1H3. The molecule has 1 heterocycles. The van der Waals surface area contributed by atoms with Crippen molar-refractivity contribution < 1.29 is 4.79 Å². The Kier molecular flexibility index (Phi) is 3.76. The van der Waals surface area contributed by atoms with Crippen molar-refractivity contribution >= 4 is 28.7 Å². The Morgan fingerprint density at radius 2 is 2.33 bits per heavy atom. The van der Waals surface area contributed by atoms with Gasteiger partial charge in [-0.3, -0.25) is 0 Å². The van der Waals surface area contributed by atoms with Crippen LogP contribution in [0.4, 0.5) is 0 Å². The third-order valence-corrected chi connectivity index (χ3v) is 2.87. The first-order valence-corrected chi connectivity index (χ1v) is 5.11. The number of rotatable bonds is 4. The number of hydrogen-bond donors (Lipinski definition) is 0. The minimum absolute atomic E-state index is 0.262. The molecule has 3 heteroatoms. The first kappa shape index (κ1) is 9.75. The SMILES string of the molecule is CC(=O)CCCc1ccc(Cl)s1. The van der Waals surface area contributed by atoms with E-state index in [1.807, 2.05) is 12.1 Å². The molecule has 1 rings (SSSR count). The quantitative estimate of drug-likeness (QED) is 0.732. The van der Waals surface area contributed by atoms with Crippen LogP contribution in [0.3, 0.4) is 0 Å². The molecule has 0 unspecified atom stereocenters. The van der Waals surface area contributed by atoms with Crippen molar-refractivity contribution in [1.29, 1.82) is 0 Å². The minimum Gasteiger partial charge on any atom is -0.300 e. The van der Waals surface area contributed by atoms with Crippen molar-refractivity contribution in [1.82, 2.24) is 0 Å². The van der Waals surface area contributed by atoms with E-state index >= 15 is 0 Å². The first-order valence-electron chi connectivity index (χ1n) is 3.92. The molecule has 1 nitrogen and oxygen atoms in total. The number of halogens is 1. The van der Waals surface area contributed by atoms with Crippen molar-refractivity contribution in [3.05, 3.63) is 21.3 Å². The lowest BCUT2D eigenvalue weighted by Gasteiger charge is -1.93. The Morgan fingerprint density at radius 1 is 1.58 bits per heavy atom. The van der Waals surface area contributed by atoms with Crippen molar-refractivity contribution in [3.63, 3.8) is 0 Å². The van der Waals surface area contributed by atoms with Gasteiger partial charge in [-0.25, -0.2) is 0 Å². The van der Waals surface area contributed by atoms with E-state index in [4.69, 9.17) is 11.6 Å². The summed E-state index contributed by atoms with van der Waals surface area (Å²) in [5, 5.41) is 0. The summed E-state index contributed by atoms with van der Waals surface area (Å²) >= 11 is 7.35. The molecule has 0 aliphatic heterocycles. The zero-order valence-electron chi connectivity index (χ0n) is 6.97. The second-order valence-electron chi connectivity index (χ2n) is 2.76. The zero-order chi connectivity index (χ0) is 8.97. The van der Waals surface area contributed by atoms with Crippen LogP contribution in [0.5, 0.6) is 0 Å². The van der Waals surface area contributed by atoms with Gasteiger partial charge in [0.2, 0.25) is 0 Å². The molecule has 0 saturated carbocycles. The van der Waals surface area contributed by atoms with Gasteiger partial charge in [0.25, 0.3) is 0 Å². The Labute approximate surface area is 81.4 Å². The number of carbonyl (C=O) groups is 1. The van der Waals surface area contributed by atoms with Crippen LogP contribution in [0.2, 0.25) is 4.34 Å². The van der Waals surface area contributed by atoms with E-state index in [9.17, 15) is 4.79 Å².